The van der Waals surface area contributed by atoms with Gasteiger partial charge in [-0.3, -0.25) is 0 Å². The molecule has 0 amide bonds. The largest absolute Gasteiger partial charge is 0.384 e. The predicted molar refractivity (Wildman–Crippen MR) is 60.8 cm³/mol. The van der Waals surface area contributed by atoms with Gasteiger partial charge < -0.3 is 15.8 Å². The number of aromatic nitrogens is 1. The summed E-state index contributed by atoms with van der Waals surface area (Å²) in [6.07, 6.45) is 3.81. The van der Waals surface area contributed by atoms with Gasteiger partial charge in [0.05, 0.1) is 23.4 Å². The van der Waals surface area contributed by atoms with Gasteiger partial charge in [0.15, 0.2) is 0 Å². The van der Waals surface area contributed by atoms with Crippen molar-refractivity contribution in [3.63, 3.8) is 0 Å². The van der Waals surface area contributed by atoms with E-state index in [0.717, 1.165) is 18.5 Å². The van der Waals surface area contributed by atoms with Crippen molar-refractivity contribution in [1.29, 1.82) is 5.26 Å². The lowest BCUT2D eigenvalue weighted by Crippen LogP contribution is -2.44. The van der Waals surface area contributed by atoms with Crippen molar-refractivity contribution in [2.24, 2.45) is 0 Å². The van der Waals surface area contributed by atoms with Crippen LogP contribution < -0.4 is 11.1 Å². The van der Waals surface area contributed by atoms with Crippen LogP contribution >= 0.6 is 0 Å². The molecule has 1 aliphatic carbocycles. The van der Waals surface area contributed by atoms with E-state index in [-0.39, 0.29) is 12.1 Å². The molecule has 2 rings (SSSR count). The highest BCUT2D eigenvalue weighted by atomic mass is 16.5. The van der Waals surface area contributed by atoms with E-state index < -0.39 is 0 Å². The van der Waals surface area contributed by atoms with Gasteiger partial charge in [-0.2, -0.15) is 5.26 Å². The van der Waals surface area contributed by atoms with Gasteiger partial charge in [0.25, 0.3) is 0 Å². The molecule has 1 aromatic rings. The van der Waals surface area contributed by atoms with Crippen molar-refractivity contribution in [2.75, 3.05) is 18.2 Å². The van der Waals surface area contributed by atoms with Gasteiger partial charge in [0, 0.05) is 19.4 Å². The summed E-state index contributed by atoms with van der Waals surface area (Å²) in [7, 11) is 1.70. The fraction of sp³-hybridized carbons (Fsp3) is 0.455. The number of hydrogen-bond acceptors (Lipinski definition) is 5. The SMILES string of the molecule is COC1CCC1Nc1cc(N)ncc1C#N. The molecule has 16 heavy (non-hydrogen) atoms. The Labute approximate surface area is 94.2 Å². The van der Waals surface area contributed by atoms with E-state index in [4.69, 9.17) is 15.7 Å². The number of anilines is 2. The number of nitrogen functional groups attached to an aromatic ring is 1. The van der Waals surface area contributed by atoms with Crippen molar-refractivity contribution < 1.29 is 4.74 Å². The summed E-state index contributed by atoms with van der Waals surface area (Å²) in [5.74, 6) is 0.412. The van der Waals surface area contributed by atoms with Crippen LogP contribution in [0.3, 0.4) is 0 Å². The topological polar surface area (TPSA) is 84.0 Å². The molecule has 1 heterocycles. The molecule has 2 unspecified atom stereocenters. The normalized spacial score (nSPS) is 23.2. The first-order valence-electron chi connectivity index (χ1n) is 5.19. The van der Waals surface area contributed by atoms with E-state index in [1.54, 1.807) is 13.2 Å². The van der Waals surface area contributed by atoms with Crippen molar-refractivity contribution in [1.82, 2.24) is 4.98 Å². The van der Waals surface area contributed by atoms with Crippen LogP contribution in [0.5, 0.6) is 0 Å². The first-order chi connectivity index (χ1) is 7.74. The lowest BCUT2D eigenvalue weighted by Gasteiger charge is -2.36. The summed E-state index contributed by atoms with van der Waals surface area (Å²) in [4.78, 5) is 3.88. The highest BCUT2D eigenvalue weighted by Crippen LogP contribution is 2.28. The van der Waals surface area contributed by atoms with Gasteiger partial charge in [-0.1, -0.05) is 0 Å². The standard InChI is InChI=1S/C11H14N4O/c1-16-10-3-2-8(10)15-9-4-11(13)14-6-7(9)5-12/h4,6,8,10H,2-3H2,1H3,(H3,13,14,15). The molecule has 1 aromatic heterocycles. The van der Waals surface area contributed by atoms with Crippen LogP contribution in [0.2, 0.25) is 0 Å². The molecule has 1 fully saturated rings. The minimum absolute atomic E-state index is 0.223. The molecule has 84 valence electrons. The molecular weight excluding hydrogens is 204 g/mol. The van der Waals surface area contributed by atoms with Crippen LogP contribution in [-0.4, -0.2) is 24.2 Å². The van der Waals surface area contributed by atoms with Crippen molar-refractivity contribution in [3.8, 4) is 6.07 Å². The number of hydrogen-bond donors (Lipinski definition) is 2. The molecule has 5 heteroatoms. The summed E-state index contributed by atoms with van der Waals surface area (Å²) < 4.78 is 5.28. The third kappa shape index (κ3) is 1.92. The predicted octanol–water partition coefficient (Wildman–Crippen LogP) is 1.12. The molecule has 0 saturated heterocycles. The van der Waals surface area contributed by atoms with Crippen LogP contribution in [0.15, 0.2) is 12.3 Å². The van der Waals surface area contributed by atoms with Crippen molar-refractivity contribution >= 4 is 11.5 Å². The monoisotopic (exact) mass is 218 g/mol. The van der Waals surface area contributed by atoms with E-state index in [1.807, 2.05) is 0 Å². The summed E-state index contributed by atoms with van der Waals surface area (Å²) in [5, 5.41) is 12.2. The molecule has 0 aromatic carbocycles. The molecular formula is C11H14N4O. The Hall–Kier alpha value is -1.80. The number of nitriles is 1. The van der Waals surface area contributed by atoms with Gasteiger partial charge in [0.1, 0.15) is 11.9 Å². The summed E-state index contributed by atoms with van der Waals surface area (Å²) in [5.41, 5.74) is 6.84. The molecule has 1 aliphatic rings. The first kappa shape index (κ1) is 10.7. The molecule has 0 bridgehead atoms. The zero-order chi connectivity index (χ0) is 11.5. The van der Waals surface area contributed by atoms with E-state index in [1.165, 1.54) is 6.20 Å². The number of ether oxygens (including phenoxy) is 1. The first-order valence-corrected chi connectivity index (χ1v) is 5.19. The van der Waals surface area contributed by atoms with Crippen LogP contribution in [0.1, 0.15) is 18.4 Å². The average Bonchev–Trinajstić information content (AvgIpc) is 2.25. The van der Waals surface area contributed by atoms with Gasteiger partial charge in [-0.15, -0.1) is 0 Å². The summed E-state index contributed by atoms with van der Waals surface area (Å²) in [6.45, 7) is 0. The number of nitrogens with zero attached hydrogens (tertiary/aromatic N) is 2. The Kier molecular flexibility index (Phi) is 2.93. The fourth-order valence-electron chi connectivity index (χ4n) is 1.80. The smallest absolute Gasteiger partial charge is 0.125 e. The minimum Gasteiger partial charge on any atom is -0.384 e. The minimum atomic E-state index is 0.223. The molecule has 1 saturated carbocycles. The zero-order valence-electron chi connectivity index (χ0n) is 9.10. The number of rotatable bonds is 3. The number of nitrogens with two attached hydrogens (primary N) is 1. The molecule has 0 radical (unpaired) electrons. The highest BCUT2D eigenvalue weighted by Gasteiger charge is 2.31. The highest BCUT2D eigenvalue weighted by molar-refractivity contribution is 5.61. The lowest BCUT2D eigenvalue weighted by molar-refractivity contribution is 0.0286. The zero-order valence-corrected chi connectivity index (χ0v) is 9.10. The summed E-state index contributed by atoms with van der Waals surface area (Å²) >= 11 is 0. The summed E-state index contributed by atoms with van der Waals surface area (Å²) in [6, 6.07) is 4.03. The molecule has 0 aliphatic heterocycles. The second kappa shape index (κ2) is 4.37. The van der Waals surface area contributed by atoms with Gasteiger partial charge >= 0.3 is 0 Å². The van der Waals surface area contributed by atoms with E-state index in [2.05, 4.69) is 16.4 Å². The maximum atomic E-state index is 8.93. The van der Waals surface area contributed by atoms with Crippen LogP contribution in [0.25, 0.3) is 0 Å². The van der Waals surface area contributed by atoms with Crippen molar-refractivity contribution in [2.45, 2.75) is 25.0 Å². The number of pyridine rings is 1. The maximum Gasteiger partial charge on any atom is 0.125 e. The Morgan fingerprint density at radius 3 is 3.00 bits per heavy atom. The number of methoxy groups -OCH3 is 1. The fourth-order valence-corrected chi connectivity index (χ4v) is 1.80. The Balaban J connectivity index is 2.14. The number of nitrogens with one attached hydrogen (secondary N) is 1. The van der Waals surface area contributed by atoms with Gasteiger partial charge in [0.2, 0.25) is 0 Å². The average molecular weight is 218 g/mol. The van der Waals surface area contributed by atoms with Gasteiger partial charge in [-0.25, -0.2) is 4.98 Å². The Morgan fingerprint density at radius 1 is 1.62 bits per heavy atom. The second-order valence-electron chi connectivity index (χ2n) is 3.87. The Morgan fingerprint density at radius 2 is 2.44 bits per heavy atom. The van der Waals surface area contributed by atoms with Crippen LogP contribution in [-0.2, 0) is 4.74 Å². The van der Waals surface area contributed by atoms with E-state index in [0.29, 0.717) is 11.4 Å². The third-order valence-electron chi connectivity index (χ3n) is 2.90. The van der Waals surface area contributed by atoms with Crippen molar-refractivity contribution in [3.05, 3.63) is 17.8 Å². The molecule has 5 nitrogen and oxygen atoms in total. The Bertz CT molecular complexity index is 424. The maximum absolute atomic E-state index is 8.93. The van der Waals surface area contributed by atoms with E-state index >= 15 is 0 Å². The molecule has 0 spiro atoms. The quantitative estimate of drug-likeness (QED) is 0.794. The molecule has 2 atom stereocenters. The molecule has 3 N–H and O–H groups in total. The van der Waals surface area contributed by atoms with Crippen LogP contribution in [0.4, 0.5) is 11.5 Å². The second-order valence-corrected chi connectivity index (χ2v) is 3.87. The lowest BCUT2D eigenvalue weighted by atomic mass is 9.88. The van der Waals surface area contributed by atoms with Gasteiger partial charge in [-0.05, 0) is 12.8 Å². The van der Waals surface area contributed by atoms with Crippen LogP contribution in [0, 0.1) is 11.3 Å². The third-order valence-corrected chi connectivity index (χ3v) is 2.90. The van der Waals surface area contributed by atoms with E-state index in [9.17, 15) is 0 Å².